The third-order valence-corrected chi connectivity index (χ3v) is 5.81. The predicted octanol–water partition coefficient (Wildman–Crippen LogP) is 3.73. The fourth-order valence-corrected chi connectivity index (χ4v) is 4.19. The molecule has 1 aromatic heterocycles. The summed E-state index contributed by atoms with van der Waals surface area (Å²) in [4.78, 5) is 24.1. The molecule has 2 aliphatic rings. The molecule has 1 aromatic carbocycles. The minimum atomic E-state index is -0.222. The number of carbonyl (C=O) groups excluding carboxylic acids is 1. The van der Waals surface area contributed by atoms with Crippen LogP contribution in [0.25, 0.3) is 11.4 Å². The monoisotopic (exact) mass is 537 g/mol. The number of nitrogens with zero attached hydrogens (tertiary/aromatic N) is 3. The first-order chi connectivity index (χ1) is 15.0. The van der Waals surface area contributed by atoms with E-state index in [2.05, 4.69) is 45.0 Å². The van der Waals surface area contributed by atoms with Crippen LogP contribution in [0, 0.1) is 0 Å². The number of aromatic nitrogens is 2. The van der Waals surface area contributed by atoms with Crippen molar-refractivity contribution in [3.05, 3.63) is 35.5 Å². The maximum absolute atomic E-state index is 11.9. The maximum Gasteiger partial charge on any atom is 0.320 e. The van der Waals surface area contributed by atoms with E-state index in [0.29, 0.717) is 38.3 Å². The van der Waals surface area contributed by atoms with Crippen LogP contribution in [0.2, 0.25) is 0 Å². The zero-order chi connectivity index (χ0) is 21.8. The Labute approximate surface area is 196 Å². The van der Waals surface area contributed by atoms with E-state index < -0.39 is 0 Å². The normalized spacial score (nSPS) is 19.5. The molecule has 2 aliphatic heterocycles. The van der Waals surface area contributed by atoms with Crippen LogP contribution in [0.1, 0.15) is 31.5 Å². The van der Waals surface area contributed by atoms with Crippen molar-refractivity contribution < 1.29 is 14.3 Å². The molecule has 3 heterocycles. The van der Waals surface area contributed by atoms with E-state index in [4.69, 9.17) is 19.4 Å². The molecule has 2 unspecified atom stereocenters. The molecule has 2 N–H and O–H groups in total. The summed E-state index contributed by atoms with van der Waals surface area (Å²) in [6.07, 6.45) is 1.78. The van der Waals surface area contributed by atoms with Gasteiger partial charge in [-0.1, -0.05) is 29.5 Å². The van der Waals surface area contributed by atoms with Crippen LogP contribution in [-0.4, -0.2) is 52.5 Å². The van der Waals surface area contributed by atoms with Gasteiger partial charge >= 0.3 is 6.03 Å². The summed E-state index contributed by atoms with van der Waals surface area (Å²) in [6.45, 7) is 7.54. The molecular weight excluding hydrogens is 509 g/mol. The molecule has 4 rings (SSSR count). The lowest BCUT2D eigenvalue weighted by atomic mass is 10.1. The fourth-order valence-electron chi connectivity index (χ4n) is 3.90. The number of hydrogen-bond acceptors (Lipinski definition) is 6. The predicted molar refractivity (Wildman–Crippen MR) is 129 cm³/mol. The first-order valence-corrected chi connectivity index (χ1v) is 11.9. The maximum atomic E-state index is 11.9. The Hall–Kier alpha value is -1.98. The van der Waals surface area contributed by atoms with Crippen LogP contribution in [-0.2, 0) is 22.5 Å². The van der Waals surface area contributed by atoms with Gasteiger partial charge in [-0.05, 0) is 37.6 Å². The number of hydrogen-bond donors (Lipinski definition) is 2. The van der Waals surface area contributed by atoms with E-state index >= 15 is 0 Å². The van der Waals surface area contributed by atoms with Gasteiger partial charge in [0.1, 0.15) is 5.82 Å². The van der Waals surface area contributed by atoms with E-state index in [1.807, 2.05) is 31.2 Å². The highest BCUT2D eigenvalue weighted by Gasteiger charge is 2.28. The number of morpholine rings is 1. The van der Waals surface area contributed by atoms with Crippen molar-refractivity contribution in [2.24, 2.45) is 0 Å². The third kappa shape index (κ3) is 5.27. The summed E-state index contributed by atoms with van der Waals surface area (Å²) in [5, 5.41) is 5.65. The summed E-state index contributed by atoms with van der Waals surface area (Å²) < 4.78 is 11.5. The van der Waals surface area contributed by atoms with Gasteiger partial charge in [0.15, 0.2) is 5.82 Å². The molecular formula is C22H28IN5O3. The molecule has 31 heavy (non-hydrogen) atoms. The summed E-state index contributed by atoms with van der Waals surface area (Å²) in [5.41, 5.74) is 3.80. The second-order valence-corrected chi connectivity index (χ2v) is 9.59. The Bertz CT molecular complexity index is 922. The number of carbonyl (C=O) groups is 1. The Morgan fingerprint density at radius 3 is 2.81 bits per heavy atom. The Kier molecular flexibility index (Phi) is 7.24. The van der Waals surface area contributed by atoms with Gasteiger partial charge in [-0.15, -0.1) is 0 Å². The molecule has 0 saturated carbocycles. The Morgan fingerprint density at radius 2 is 2.06 bits per heavy atom. The first kappa shape index (κ1) is 22.2. The molecule has 0 bridgehead atoms. The van der Waals surface area contributed by atoms with E-state index in [1.165, 1.54) is 0 Å². The molecule has 2 aromatic rings. The number of ether oxygens (including phenoxy) is 2. The molecule has 166 valence electrons. The van der Waals surface area contributed by atoms with Gasteiger partial charge in [0.2, 0.25) is 0 Å². The number of nitrogens with one attached hydrogen (secondary N) is 2. The molecule has 0 spiro atoms. The van der Waals surface area contributed by atoms with Gasteiger partial charge in [0.25, 0.3) is 0 Å². The van der Waals surface area contributed by atoms with E-state index in [9.17, 15) is 4.79 Å². The zero-order valence-electron chi connectivity index (χ0n) is 17.9. The van der Waals surface area contributed by atoms with Crippen molar-refractivity contribution in [2.45, 2.75) is 43.4 Å². The second-order valence-electron chi connectivity index (χ2n) is 7.72. The number of halogens is 1. The lowest BCUT2D eigenvalue weighted by molar-refractivity contribution is 0.0901. The lowest BCUT2D eigenvalue weighted by Crippen LogP contribution is -2.46. The standard InChI is InChI=1S/C22H28IN5O3/c1-3-17-12-31-11-9-28(17)21-18-13-30-10-8-19(18)26-20(27-21)15-4-6-16(7-5-15)25-22(29)24-14(2)23/h4-7,14,17H,3,8-13H2,1-2H3,(H2,24,25,29). The van der Waals surface area contributed by atoms with Gasteiger partial charge in [-0.3, -0.25) is 0 Å². The molecule has 2 atom stereocenters. The van der Waals surface area contributed by atoms with Crippen LogP contribution < -0.4 is 15.5 Å². The number of rotatable bonds is 5. The van der Waals surface area contributed by atoms with Gasteiger partial charge in [-0.25, -0.2) is 14.8 Å². The lowest BCUT2D eigenvalue weighted by Gasteiger charge is -2.38. The second kappa shape index (κ2) is 10.1. The van der Waals surface area contributed by atoms with Gasteiger partial charge in [0, 0.05) is 29.8 Å². The summed E-state index contributed by atoms with van der Waals surface area (Å²) in [5.74, 6) is 1.67. The average Bonchev–Trinajstić information content (AvgIpc) is 2.78. The minimum absolute atomic E-state index is 0.0512. The van der Waals surface area contributed by atoms with Crippen LogP contribution in [0.4, 0.5) is 16.3 Å². The molecule has 1 fully saturated rings. The van der Waals surface area contributed by atoms with Crippen molar-refractivity contribution in [3.8, 4) is 11.4 Å². The van der Waals surface area contributed by atoms with E-state index in [-0.39, 0.29) is 10.1 Å². The zero-order valence-corrected chi connectivity index (χ0v) is 20.0. The topological polar surface area (TPSA) is 88.6 Å². The molecule has 9 heteroatoms. The van der Waals surface area contributed by atoms with Crippen LogP contribution in [0.5, 0.6) is 0 Å². The van der Waals surface area contributed by atoms with Crippen molar-refractivity contribution in [3.63, 3.8) is 0 Å². The Balaban J connectivity index is 1.63. The molecule has 0 aliphatic carbocycles. The smallest absolute Gasteiger partial charge is 0.320 e. The number of fused-ring (bicyclic) bond motifs is 1. The highest BCUT2D eigenvalue weighted by molar-refractivity contribution is 14.1. The average molecular weight is 537 g/mol. The van der Waals surface area contributed by atoms with Crippen LogP contribution >= 0.6 is 22.6 Å². The largest absolute Gasteiger partial charge is 0.377 e. The number of benzene rings is 1. The van der Waals surface area contributed by atoms with Gasteiger partial charge < -0.3 is 25.0 Å². The van der Waals surface area contributed by atoms with Crippen molar-refractivity contribution in [1.82, 2.24) is 15.3 Å². The van der Waals surface area contributed by atoms with Crippen molar-refractivity contribution in [1.29, 1.82) is 0 Å². The van der Waals surface area contributed by atoms with Crippen LogP contribution in [0.3, 0.4) is 0 Å². The quantitative estimate of drug-likeness (QED) is 0.344. The van der Waals surface area contributed by atoms with Gasteiger partial charge in [-0.2, -0.15) is 0 Å². The number of urea groups is 1. The summed E-state index contributed by atoms with van der Waals surface area (Å²) in [6, 6.07) is 7.73. The van der Waals surface area contributed by atoms with E-state index in [1.54, 1.807) is 0 Å². The minimum Gasteiger partial charge on any atom is -0.377 e. The molecule has 2 amide bonds. The van der Waals surface area contributed by atoms with Crippen molar-refractivity contribution >= 4 is 40.1 Å². The molecule has 0 radical (unpaired) electrons. The first-order valence-electron chi connectivity index (χ1n) is 10.7. The van der Waals surface area contributed by atoms with Crippen molar-refractivity contribution in [2.75, 3.05) is 36.6 Å². The third-order valence-electron chi connectivity index (χ3n) is 5.50. The number of alkyl halides is 1. The number of anilines is 2. The summed E-state index contributed by atoms with van der Waals surface area (Å²) in [7, 11) is 0. The highest BCUT2D eigenvalue weighted by Crippen LogP contribution is 2.31. The SMILES string of the molecule is CCC1COCCN1c1nc(-c2ccc(NC(=O)NC(C)I)cc2)nc2c1COCC2. The van der Waals surface area contributed by atoms with Gasteiger partial charge in [0.05, 0.1) is 42.2 Å². The molecule has 1 saturated heterocycles. The summed E-state index contributed by atoms with van der Waals surface area (Å²) >= 11 is 2.15. The van der Waals surface area contributed by atoms with Crippen LogP contribution in [0.15, 0.2) is 24.3 Å². The Morgan fingerprint density at radius 1 is 1.26 bits per heavy atom. The van der Waals surface area contributed by atoms with E-state index in [0.717, 1.165) is 47.7 Å². The number of amides is 2. The molecule has 8 nitrogen and oxygen atoms in total. The highest BCUT2D eigenvalue weighted by atomic mass is 127. The fraction of sp³-hybridized carbons (Fsp3) is 0.500.